The minimum atomic E-state index is -0.472. The van der Waals surface area contributed by atoms with Gasteiger partial charge in [-0.25, -0.2) is 9.37 Å². The fraction of sp³-hybridized carbons (Fsp3) is 0.478. The molecule has 0 unspecified atom stereocenters. The summed E-state index contributed by atoms with van der Waals surface area (Å²) in [5, 5.41) is 11.8. The Morgan fingerprint density at radius 2 is 1.88 bits per heavy atom. The van der Waals surface area contributed by atoms with Gasteiger partial charge in [0.1, 0.15) is 11.5 Å². The number of hydrogen-bond donors (Lipinski definition) is 5. The van der Waals surface area contributed by atoms with Gasteiger partial charge in [-0.05, 0) is 43.9 Å². The van der Waals surface area contributed by atoms with Gasteiger partial charge in [-0.3, -0.25) is 14.4 Å². The Morgan fingerprint density at radius 3 is 2.56 bits per heavy atom. The Bertz CT molecular complexity index is 1020. The van der Waals surface area contributed by atoms with E-state index in [4.69, 9.17) is 11.6 Å². The van der Waals surface area contributed by atoms with Crippen LogP contribution in [0.2, 0.25) is 5.02 Å². The minimum Gasteiger partial charge on any atom is -0.349 e. The van der Waals surface area contributed by atoms with Crippen LogP contribution in [0, 0.1) is 11.7 Å². The maximum Gasteiger partial charge on any atom is 0.272 e. The first-order chi connectivity index (χ1) is 16.2. The number of hydrogen-bond acceptors (Lipinski definition) is 5. The van der Waals surface area contributed by atoms with Crippen LogP contribution < -0.4 is 21.3 Å². The molecule has 1 aromatic carbocycles. The topological polar surface area (TPSA) is 128 Å². The van der Waals surface area contributed by atoms with Gasteiger partial charge in [0.15, 0.2) is 5.69 Å². The number of carbonyl (C=O) groups is 3. The number of anilines is 1. The summed E-state index contributed by atoms with van der Waals surface area (Å²) >= 11 is 5.98. The lowest BCUT2D eigenvalue weighted by Gasteiger charge is -2.28. The Balaban J connectivity index is 1.47. The molecule has 0 aliphatic heterocycles. The highest BCUT2D eigenvalue weighted by Crippen LogP contribution is 2.28. The molecule has 0 saturated heterocycles. The Hall–Kier alpha value is -2.98. The van der Waals surface area contributed by atoms with Crippen LogP contribution in [0.5, 0.6) is 0 Å². The van der Waals surface area contributed by atoms with Gasteiger partial charge in [0.25, 0.3) is 11.8 Å². The summed E-state index contributed by atoms with van der Waals surface area (Å²) in [6.07, 6.45) is 3.68. The smallest absolute Gasteiger partial charge is 0.272 e. The highest BCUT2D eigenvalue weighted by atomic mass is 35.5. The largest absolute Gasteiger partial charge is 0.349 e. The fourth-order valence-corrected chi connectivity index (χ4v) is 4.06. The summed E-state index contributed by atoms with van der Waals surface area (Å²) in [6.45, 7) is 5.07. The number of nitrogens with zero attached hydrogens (tertiary/aromatic N) is 1. The third-order valence-corrected chi connectivity index (χ3v) is 5.98. The summed E-state index contributed by atoms with van der Waals surface area (Å²) in [4.78, 5) is 44.5. The van der Waals surface area contributed by atoms with E-state index in [1.54, 1.807) is 0 Å². The average Bonchev–Trinajstić information content (AvgIpc) is 3.29. The van der Waals surface area contributed by atoms with E-state index in [1.165, 1.54) is 18.5 Å². The molecule has 1 heterocycles. The highest BCUT2D eigenvalue weighted by molar-refractivity contribution is 6.33. The molecule has 1 saturated carbocycles. The van der Waals surface area contributed by atoms with Crippen LogP contribution in [-0.4, -0.2) is 52.9 Å². The fourth-order valence-electron chi connectivity index (χ4n) is 3.84. The maximum atomic E-state index is 13.2. The van der Waals surface area contributed by atoms with Gasteiger partial charge in [-0.1, -0.05) is 25.4 Å². The standard InChI is InChI=1S/C23H30ClFN6O3/c1-13(2)26-9-10-27-22(33)19-20(29-12-28-19)23(34)30-16-6-3-14(4-7-16)21(32)31-18-8-5-15(25)11-17(18)24/h5,8,11-14,16,26H,3-4,6-7,9-10H2,1-2H3,(H,27,33)(H,28,29)(H,30,34)(H,31,32). The quantitative estimate of drug-likeness (QED) is 0.344. The van der Waals surface area contributed by atoms with Gasteiger partial charge in [0.2, 0.25) is 5.91 Å². The summed E-state index contributed by atoms with van der Waals surface area (Å²) in [6, 6.07) is 4.00. The van der Waals surface area contributed by atoms with Gasteiger partial charge in [-0.2, -0.15) is 0 Å². The van der Waals surface area contributed by atoms with E-state index in [2.05, 4.69) is 31.2 Å². The van der Waals surface area contributed by atoms with Crippen molar-refractivity contribution in [2.45, 2.75) is 51.6 Å². The molecule has 1 fully saturated rings. The van der Waals surface area contributed by atoms with E-state index in [0.29, 0.717) is 50.5 Å². The van der Waals surface area contributed by atoms with Crippen molar-refractivity contribution < 1.29 is 18.8 Å². The number of H-pyrrole nitrogens is 1. The zero-order valence-electron chi connectivity index (χ0n) is 19.2. The maximum absolute atomic E-state index is 13.2. The normalized spacial score (nSPS) is 17.9. The van der Waals surface area contributed by atoms with Crippen molar-refractivity contribution in [3.05, 3.63) is 46.8 Å². The SMILES string of the molecule is CC(C)NCCNC(=O)c1[nH]cnc1C(=O)NC1CCC(C(=O)Nc2ccc(F)cc2Cl)CC1. The number of imidazole rings is 1. The first kappa shape index (κ1) is 25.6. The number of rotatable bonds is 9. The summed E-state index contributed by atoms with van der Waals surface area (Å²) in [5.74, 6) is -1.72. The minimum absolute atomic E-state index is 0.0418. The van der Waals surface area contributed by atoms with Crippen molar-refractivity contribution in [1.29, 1.82) is 0 Å². The van der Waals surface area contributed by atoms with Gasteiger partial charge < -0.3 is 26.3 Å². The zero-order valence-corrected chi connectivity index (χ0v) is 20.0. The van der Waals surface area contributed by atoms with E-state index in [-0.39, 0.29) is 34.3 Å². The monoisotopic (exact) mass is 492 g/mol. The third-order valence-electron chi connectivity index (χ3n) is 5.67. The first-order valence-corrected chi connectivity index (χ1v) is 11.7. The Labute approximate surface area is 202 Å². The van der Waals surface area contributed by atoms with Crippen LogP contribution in [-0.2, 0) is 4.79 Å². The van der Waals surface area contributed by atoms with Crippen molar-refractivity contribution in [2.75, 3.05) is 18.4 Å². The number of halogens is 2. The highest BCUT2D eigenvalue weighted by Gasteiger charge is 2.29. The lowest BCUT2D eigenvalue weighted by molar-refractivity contribution is -0.120. The Morgan fingerprint density at radius 1 is 1.15 bits per heavy atom. The van der Waals surface area contributed by atoms with Crippen molar-refractivity contribution in [1.82, 2.24) is 25.9 Å². The molecule has 0 spiro atoms. The second-order valence-electron chi connectivity index (χ2n) is 8.63. The second-order valence-corrected chi connectivity index (χ2v) is 9.03. The summed E-state index contributed by atoms with van der Waals surface area (Å²) in [5.41, 5.74) is 0.527. The number of aromatic amines is 1. The van der Waals surface area contributed by atoms with Crippen LogP contribution >= 0.6 is 11.6 Å². The molecule has 0 bridgehead atoms. The molecular weight excluding hydrogens is 463 g/mol. The molecule has 9 nitrogen and oxygen atoms in total. The van der Waals surface area contributed by atoms with Crippen molar-refractivity contribution in [2.24, 2.45) is 5.92 Å². The van der Waals surface area contributed by atoms with E-state index in [9.17, 15) is 18.8 Å². The first-order valence-electron chi connectivity index (χ1n) is 11.4. The van der Waals surface area contributed by atoms with E-state index >= 15 is 0 Å². The molecule has 3 rings (SSSR count). The molecule has 1 aliphatic rings. The molecule has 3 amide bonds. The van der Waals surface area contributed by atoms with E-state index in [1.807, 2.05) is 13.8 Å². The molecule has 1 aliphatic carbocycles. The molecule has 34 heavy (non-hydrogen) atoms. The molecule has 184 valence electrons. The number of amides is 3. The number of nitrogens with one attached hydrogen (secondary N) is 5. The second kappa shape index (κ2) is 11.9. The predicted molar refractivity (Wildman–Crippen MR) is 127 cm³/mol. The molecule has 2 aromatic rings. The van der Waals surface area contributed by atoms with Gasteiger partial charge >= 0.3 is 0 Å². The molecular formula is C23H30ClFN6O3. The predicted octanol–water partition coefficient (Wildman–Crippen LogP) is 2.86. The molecule has 5 N–H and O–H groups in total. The number of benzene rings is 1. The molecule has 0 radical (unpaired) electrons. The third kappa shape index (κ3) is 7.01. The van der Waals surface area contributed by atoms with Crippen LogP contribution in [0.3, 0.4) is 0 Å². The van der Waals surface area contributed by atoms with Gasteiger partial charge in [0, 0.05) is 31.1 Å². The van der Waals surface area contributed by atoms with Crippen molar-refractivity contribution >= 4 is 35.0 Å². The van der Waals surface area contributed by atoms with E-state index in [0.717, 1.165) is 6.07 Å². The van der Waals surface area contributed by atoms with Gasteiger partial charge in [0.05, 0.1) is 17.0 Å². The van der Waals surface area contributed by atoms with E-state index < -0.39 is 17.6 Å². The van der Waals surface area contributed by atoms with Crippen LogP contribution in [0.1, 0.15) is 60.5 Å². The lowest BCUT2D eigenvalue weighted by atomic mass is 9.85. The van der Waals surface area contributed by atoms with Gasteiger partial charge in [-0.15, -0.1) is 0 Å². The number of aromatic nitrogens is 2. The summed E-state index contributed by atoms with van der Waals surface area (Å²) < 4.78 is 13.2. The Kier molecular flexibility index (Phi) is 9.00. The van der Waals surface area contributed by atoms with Crippen LogP contribution in [0.4, 0.5) is 10.1 Å². The summed E-state index contributed by atoms with van der Waals surface area (Å²) in [7, 11) is 0. The number of carbonyl (C=O) groups excluding carboxylic acids is 3. The molecule has 0 atom stereocenters. The lowest BCUT2D eigenvalue weighted by Crippen LogP contribution is -2.40. The average molecular weight is 493 g/mol. The van der Waals surface area contributed by atoms with Crippen molar-refractivity contribution in [3.63, 3.8) is 0 Å². The molecule has 1 aromatic heterocycles. The van der Waals surface area contributed by atoms with Crippen molar-refractivity contribution in [3.8, 4) is 0 Å². The van der Waals surface area contributed by atoms with Crippen LogP contribution in [0.25, 0.3) is 0 Å². The zero-order chi connectivity index (χ0) is 24.7. The molecule has 11 heteroatoms. The van der Waals surface area contributed by atoms with Crippen LogP contribution in [0.15, 0.2) is 24.5 Å².